The number of alkyl halides is 3. The molecule has 2 aromatic rings. The molecular weight excluding hydrogens is 445 g/mol. The molecule has 12 heteroatoms. The summed E-state index contributed by atoms with van der Waals surface area (Å²) >= 11 is 6.00. The Morgan fingerprint density at radius 1 is 1.20 bits per heavy atom. The van der Waals surface area contributed by atoms with Gasteiger partial charge in [0.15, 0.2) is 0 Å². The number of nitrogens with zero attached hydrogens (tertiary/aromatic N) is 3. The van der Waals surface area contributed by atoms with Gasteiger partial charge >= 0.3 is 6.36 Å². The van der Waals surface area contributed by atoms with Crippen molar-refractivity contribution in [2.45, 2.75) is 24.1 Å². The van der Waals surface area contributed by atoms with Crippen LogP contribution in [0.2, 0.25) is 5.02 Å². The Morgan fingerprint density at radius 3 is 2.47 bits per heavy atom. The number of azo groups is 1. The number of nitrogens with two attached hydrogens (primary N) is 1. The van der Waals surface area contributed by atoms with Gasteiger partial charge in [0.1, 0.15) is 5.75 Å². The molecule has 0 saturated carbocycles. The summed E-state index contributed by atoms with van der Waals surface area (Å²) in [6.07, 6.45) is -0.658. The molecule has 2 aromatic carbocycles. The summed E-state index contributed by atoms with van der Waals surface area (Å²) in [6.45, 7) is 0. The van der Waals surface area contributed by atoms with Gasteiger partial charge in [-0.05, 0) is 54.8 Å². The highest BCUT2D eigenvalue weighted by Gasteiger charge is 2.31. The fourth-order valence-electron chi connectivity index (χ4n) is 2.44. The van der Waals surface area contributed by atoms with E-state index in [9.17, 15) is 21.6 Å². The number of aryl methyl sites for hydroxylation is 1. The second-order valence-electron chi connectivity index (χ2n) is 5.83. The summed E-state index contributed by atoms with van der Waals surface area (Å²) in [6, 6.07) is 8.35. The summed E-state index contributed by atoms with van der Waals surface area (Å²) in [5, 5.41) is 7.53. The lowest BCUT2D eigenvalue weighted by atomic mass is 10.1. The number of halogens is 4. The van der Waals surface area contributed by atoms with Crippen LogP contribution in [-0.4, -0.2) is 21.8 Å². The van der Waals surface area contributed by atoms with Crippen molar-refractivity contribution in [2.24, 2.45) is 16.1 Å². The molecule has 2 N–H and O–H groups in total. The van der Waals surface area contributed by atoms with Crippen LogP contribution in [0, 0.1) is 0 Å². The van der Waals surface area contributed by atoms with E-state index in [1.165, 1.54) is 19.3 Å². The zero-order chi connectivity index (χ0) is 22.4. The lowest BCUT2D eigenvalue weighted by Crippen LogP contribution is -2.38. The summed E-state index contributed by atoms with van der Waals surface area (Å²) in [4.78, 5) is -0.311. The number of hydrogen-bond acceptors (Lipinski definition) is 6. The minimum absolute atomic E-state index is 0.142. The molecule has 30 heavy (non-hydrogen) atoms. The first kappa shape index (κ1) is 23.6. The van der Waals surface area contributed by atoms with Crippen LogP contribution in [0.5, 0.6) is 5.75 Å². The third-order valence-corrected chi connectivity index (χ3v) is 5.58. The Bertz CT molecular complexity index is 1030. The molecule has 2 rings (SSSR count). The van der Waals surface area contributed by atoms with Crippen LogP contribution in [-0.2, 0) is 16.4 Å². The maximum absolute atomic E-state index is 12.9. The second kappa shape index (κ2) is 9.92. The Labute approximate surface area is 176 Å². The number of hydrogen-bond donors (Lipinski definition) is 1. The number of rotatable bonds is 8. The van der Waals surface area contributed by atoms with Gasteiger partial charge < -0.3 is 4.74 Å². The van der Waals surface area contributed by atoms with Gasteiger partial charge in [0.05, 0.1) is 10.6 Å². The first-order valence-corrected chi connectivity index (χ1v) is 10.2. The summed E-state index contributed by atoms with van der Waals surface area (Å²) < 4.78 is 66.9. The van der Waals surface area contributed by atoms with E-state index in [-0.39, 0.29) is 15.6 Å². The molecule has 0 aliphatic carbocycles. The van der Waals surface area contributed by atoms with Crippen molar-refractivity contribution in [1.29, 1.82) is 0 Å². The maximum atomic E-state index is 12.9. The SMILES string of the molecule is C/N=N\C=C/CCc1ccc(Cl)cc1N(N)S(=O)(=O)c1ccc(OC(F)(F)F)cc1. The number of allylic oxidation sites excluding steroid dienone is 1. The smallest absolute Gasteiger partial charge is 0.406 e. The Balaban J connectivity index is 2.29. The Hall–Kier alpha value is -2.63. The van der Waals surface area contributed by atoms with Crippen LogP contribution in [0.1, 0.15) is 12.0 Å². The first-order chi connectivity index (χ1) is 14.0. The predicted molar refractivity (Wildman–Crippen MR) is 107 cm³/mol. The molecule has 0 radical (unpaired) electrons. The highest BCUT2D eigenvalue weighted by Crippen LogP contribution is 2.30. The topological polar surface area (TPSA) is 97.4 Å². The molecule has 0 aromatic heterocycles. The van der Waals surface area contributed by atoms with Crippen LogP contribution in [0.15, 0.2) is 69.9 Å². The summed E-state index contributed by atoms with van der Waals surface area (Å²) in [7, 11) is -2.74. The summed E-state index contributed by atoms with van der Waals surface area (Å²) in [5.74, 6) is 5.34. The van der Waals surface area contributed by atoms with Gasteiger partial charge in [0, 0.05) is 18.3 Å². The zero-order valence-corrected chi connectivity index (χ0v) is 17.2. The van der Waals surface area contributed by atoms with E-state index in [1.807, 2.05) is 0 Å². The minimum Gasteiger partial charge on any atom is -0.406 e. The molecule has 162 valence electrons. The molecular formula is C18H18ClF3N4O3S. The van der Waals surface area contributed by atoms with Crippen molar-refractivity contribution in [3.63, 3.8) is 0 Å². The standard InChI is InChI=1S/C18H18ClF3N4O3S/c1-24-25-11-3-2-4-13-5-6-14(19)12-17(13)26(23)30(27,28)16-9-7-15(8-10-16)29-18(20,21)22/h3,5-12H,2,4,23H2,1H3/b11-3-,25-24-. The molecule has 0 aliphatic heterocycles. The highest BCUT2D eigenvalue weighted by atomic mass is 35.5. The van der Waals surface area contributed by atoms with Crippen LogP contribution in [0.4, 0.5) is 18.9 Å². The Morgan fingerprint density at radius 2 is 1.87 bits per heavy atom. The van der Waals surface area contributed by atoms with Crippen molar-refractivity contribution < 1.29 is 26.3 Å². The van der Waals surface area contributed by atoms with Gasteiger partial charge in [-0.1, -0.05) is 23.7 Å². The average molecular weight is 463 g/mol. The van der Waals surface area contributed by atoms with Gasteiger partial charge in [-0.25, -0.2) is 10.3 Å². The minimum atomic E-state index is -4.89. The third kappa shape index (κ3) is 6.44. The van der Waals surface area contributed by atoms with Crippen molar-refractivity contribution in [3.05, 3.63) is 65.3 Å². The fraction of sp³-hybridized carbons (Fsp3) is 0.222. The van der Waals surface area contributed by atoms with Gasteiger partial charge in [-0.15, -0.1) is 13.2 Å². The molecule has 0 saturated heterocycles. The molecule has 0 spiro atoms. The van der Waals surface area contributed by atoms with Crippen molar-refractivity contribution in [1.82, 2.24) is 0 Å². The van der Waals surface area contributed by atoms with Gasteiger partial charge in [-0.2, -0.15) is 18.6 Å². The lowest BCUT2D eigenvalue weighted by molar-refractivity contribution is -0.274. The molecule has 0 atom stereocenters. The highest BCUT2D eigenvalue weighted by molar-refractivity contribution is 7.92. The van der Waals surface area contributed by atoms with Crippen molar-refractivity contribution in [2.75, 3.05) is 11.5 Å². The largest absolute Gasteiger partial charge is 0.573 e. The third-order valence-electron chi connectivity index (χ3n) is 3.77. The number of anilines is 1. The maximum Gasteiger partial charge on any atom is 0.573 e. The van der Waals surface area contributed by atoms with Gasteiger partial charge in [0.2, 0.25) is 0 Å². The van der Waals surface area contributed by atoms with Gasteiger partial charge in [-0.3, -0.25) is 0 Å². The van der Waals surface area contributed by atoms with E-state index in [0.29, 0.717) is 22.8 Å². The lowest BCUT2D eigenvalue weighted by Gasteiger charge is -2.22. The normalized spacial score (nSPS) is 12.6. The quantitative estimate of drug-likeness (QED) is 0.345. The molecule has 0 amide bonds. The number of sulfonamides is 1. The molecule has 7 nitrogen and oxygen atoms in total. The summed E-state index contributed by atoms with van der Waals surface area (Å²) in [5.41, 5.74) is 0.740. The second-order valence-corrected chi connectivity index (χ2v) is 8.08. The molecule has 0 fully saturated rings. The zero-order valence-electron chi connectivity index (χ0n) is 15.7. The van der Waals surface area contributed by atoms with E-state index in [2.05, 4.69) is 15.0 Å². The Kier molecular flexibility index (Phi) is 7.82. The van der Waals surface area contributed by atoms with E-state index in [4.69, 9.17) is 17.4 Å². The van der Waals surface area contributed by atoms with Crippen molar-refractivity contribution in [3.8, 4) is 5.75 Å². The van der Waals surface area contributed by atoms with E-state index in [0.717, 1.165) is 24.3 Å². The van der Waals surface area contributed by atoms with Crippen LogP contribution in [0.25, 0.3) is 0 Å². The average Bonchev–Trinajstić information content (AvgIpc) is 2.67. The van der Waals surface area contributed by atoms with E-state index < -0.39 is 22.1 Å². The van der Waals surface area contributed by atoms with E-state index in [1.54, 1.807) is 18.2 Å². The van der Waals surface area contributed by atoms with Crippen molar-refractivity contribution >= 4 is 27.3 Å². The monoisotopic (exact) mass is 462 g/mol. The van der Waals surface area contributed by atoms with Crippen LogP contribution in [0.3, 0.4) is 0 Å². The van der Waals surface area contributed by atoms with Gasteiger partial charge in [0.25, 0.3) is 10.0 Å². The van der Waals surface area contributed by atoms with E-state index >= 15 is 0 Å². The fourth-order valence-corrected chi connectivity index (χ4v) is 3.74. The van der Waals surface area contributed by atoms with Crippen LogP contribution < -0.4 is 15.0 Å². The number of benzene rings is 2. The van der Waals surface area contributed by atoms with Crippen LogP contribution >= 0.6 is 11.6 Å². The first-order valence-electron chi connectivity index (χ1n) is 8.43. The number of hydrazine groups is 1. The number of ether oxygens (including phenoxy) is 1. The molecule has 0 aliphatic rings. The molecule has 0 unspecified atom stereocenters. The molecule has 0 heterocycles. The molecule has 0 bridgehead atoms. The predicted octanol–water partition coefficient (Wildman–Crippen LogP) is 4.84.